The van der Waals surface area contributed by atoms with E-state index < -0.39 is 0 Å². The maximum atomic E-state index is 10.5. The van der Waals surface area contributed by atoms with Gasteiger partial charge in [-0.15, -0.1) is 0 Å². The number of ketones is 1. The van der Waals surface area contributed by atoms with Gasteiger partial charge in [-0.25, -0.2) is 0 Å². The summed E-state index contributed by atoms with van der Waals surface area (Å²) in [5, 5.41) is 0. The van der Waals surface area contributed by atoms with E-state index in [1.54, 1.807) is 6.92 Å². The van der Waals surface area contributed by atoms with Crippen LogP contribution >= 0.6 is 0 Å². The normalized spacial score (nSPS) is 10.2. The molecule has 72 valence electrons. The topological polar surface area (TPSA) is 61.5 Å². The van der Waals surface area contributed by atoms with Gasteiger partial charge in [-0.3, -0.25) is 4.79 Å². The Morgan fingerprint density at radius 2 is 1.75 bits per heavy atom. The second-order valence-electron chi connectivity index (χ2n) is 2.47. The van der Waals surface area contributed by atoms with Gasteiger partial charge in [-0.05, 0) is 6.92 Å². The highest BCUT2D eigenvalue weighted by Crippen LogP contribution is 1.84. The molecule has 12 heavy (non-hydrogen) atoms. The van der Waals surface area contributed by atoms with E-state index in [2.05, 4.69) is 0 Å². The van der Waals surface area contributed by atoms with E-state index in [9.17, 15) is 4.79 Å². The van der Waals surface area contributed by atoms with E-state index in [1.807, 2.05) is 0 Å². The van der Waals surface area contributed by atoms with Gasteiger partial charge in [0, 0.05) is 13.0 Å². The highest BCUT2D eigenvalue weighted by Gasteiger charge is 1.92. The Hall–Kier alpha value is -0.450. The zero-order valence-corrected chi connectivity index (χ0v) is 7.54. The number of Topliss-reactive ketones (excluding diaryl/α,β-unsaturated/α-hetero) is 1. The third-order valence-corrected chi connectivity index (χ3v) is 1.23. The number of ether oxygens (including phenoxy) is 2. The molecule has 0 aliphatic carbocycles. The first-order valence-corrected chi connectivity index (χ1v) is 4.12. The van der Waals surface area contributed by atoms with E-state index >= 15 is 0 Å². The van der Waals surface area contributed by atoms with Crippen LogP contribution in [0.1, 0.15) is 13.3 Å². The fourth-order valence-electron chi connectivity index (χ4n) is 0.621. The van der Waals surface area contributed by atoms with Crippen molar-refractivity contribution < 1.29 is 14.3 Å². The van der Waals surface area contributed by atoms with E-state index in [1.165, 1.54) is 0 Å². The van der Waals surface area contributed by atoms with Crippen LogP contribution in [0.3, 0.4) is 0 Å². The fourth-order valence-corrected chi connectivity index (χ4v) is 0.621. The first-order chi connectivity index (χ1) is 5.77. The summed E-state index contributed by atoms with van der Waals surface area (Å²) >= 11 is 0. The van der Waals surface area contributed by atoms with Crippen LogP contribution in [0.2, 0.25) is 0 Å². The van der Waals surface area contributed by atoms with Crippen LogP contribution in [0.15, 0.2) is 0 Å². The number of hydrogen-bond acceptors (Lipinski definition) is 4. The third-order valence-electron chi connectivity index (χ3n) is 1.23. The minimum atomic E-state index is 0.151. The van der Waals surface area contributed by atoms with Crippen LogP contribution in [-0.2, 0) is 14.3 Å². The molecule has 0 fully saturated rings. The minimum Gasteiger partial charge on any atom is -0.379 e. The molecule has 0 aromatic rings. The van der Waals surface area contributed by atoms with Crippen LogP contribution in [0.25, 0.3) is 0 Å². The zero-order chi connectivity index (χ0) is 9.23. The molecule has 0 aromatic carbocycles. The second-order valence-corrected chi connectivity index (χ2v) is 2.47. The van der Waals surface area contributed by atoms with Crippen LogP contribution in [-0.4, -0.2) is 38.8 Å². The van der Waals surface area contributed by atoms with Crippen molar-refractivity contribution in [2.24, 2.45) is 5.73 Å². The Labute approximate surface area is 73.0 Å². The summed E-state index contributed by atoms with van der Waals surface area (Å²) in [6, 6.07) is 0. The van der Waals surface area contributed by atoms with Gasteiger partial charge in [0.05, 0.1) is 26.4 Å². The maximum absolute atomic E-state index is 10.5. The van der Waals surface area contributed by atoms with E-state index in [4.69, 9.17) is 15.2 Å². The first kappa shape index (κ1) is 11.6. The molecular formula is C8H17NO3. The summed E-state index contributed by atoms with van der Waals surface area (Å²) in [6.07, 6.45) is 0.483. The highest BCUT2D eigenvalue weighted by molar-refractivity contribution is 5.75. The number of hydrogen-bond donors (Lipinski definition) is 1. The van der Waals surface area contributed by atoms with Crippen LogP contribution < -0.4 is 5.73 Å². The number of carbonyl (C=O) groups is 1. The number of carbonyl (C=O) groups excluding carboxylic acids is 1. The highest BCUT2D eigenvalue weighted by atomic mass is 16.5. The predicted molar refractivity (Wildman–Crippen MR) is 46.0 cm³/mol. The van der Waals surface area contributed by atoms with Crippen molar-refractivity contribution in [3.8, 4) is 0 Å². The molecule has 0 aliphatic rings. The van der Waals surface area contributed by atoms with Crippen molar-refractivity contribution in [3.63, 3.8) is 0 Å². The molecule has 0 radical (unpaired) electrons. The molecular weight excluding hydrogens is 158 g/mol. The lowest BCUT2D eigenvalue weighted by Crippen LogP contribution is -2.12. The lowest BCUT2D eigenvalue weighted by Gasteiger charge is -2.03. The molecule has 0 bridgehead atoms. The molecule has 4 nitrogen and oxygen atoms in total. The van der Waals surface area contributed by atoms with Gasteiger partial charge in [0.15, 0.2) is 0 Å². The Morgan fingerprint density at radius 3 is 2.25 bits per heavy atom. The maximum Gasteiger partial charge on any atom is 0.132 e. The minimum absolute atomic E-state index is 0.151. The molecule has 0 amide bonds. The van der Waals surface area contributed by atoms with Crippen LogP contribution in [0.5, 0.6) is 0 Å². The van der Waals surface area contributed by atoms with Gasteiger partial charge >= 0.3 is 0 Å². The van der Waals surface area contributed by atoms with Crippen LogP contribution in [0, 0.1) is 0 Å². The monoisotopic (exact) mass is 175 g/mol. The Morgan fingerprint density at radius 1 is 1.17 bits per heavy atom. The Balaban J connectivity index is 2.86. The largest absolute Gasteiger partial charge is 0.379 e. The second kappa shape index (κ2) is 8.64. The number of nitrogens with two attached hydrogens (primary N) is 1. The van der Waals surface area contributed by atoms with Crippen molar-refractivity contribution in [2.45, 2.75) is 13.3 Å². The summed E-state index contributed by atoms with van der Waals surface area (Å²) in [4.78, 5) is 10.5. The van der Waals surface area contributed by atoms with Gasteiger partial charge in [0.1, 0.15) is 5.78 Å². The molecule has 4 heteroatoms. The molecule has 0 unspecified atom stereocenters. The smallest absolute Gasteiger partial charge is 0.132 e. The molecule has 0 rings (SSSR count). The molecule has 0 aliphatic heterocycles. The van der Waals surface area contributed by atoms with Crippen LogP contribution in [0.4, 0.5) is 0 Å². The molecule has 0 heterocycles. The van der Waals surface area contributed by atoms with E-state index in [0.29, 0.717) is 39.4 Å². The quantitative estimate of drug-likeness (QED) is 0.526. The first-order valence-electron chi connectivity index (χ1n) is 4.12. The molecule has 0 spiro atoms. The summed E-state index contributed by atoms with van der Waals surface area (Å²) in [7, 11) is 0. The van der Waals surface area contributed by atoms with Crippen molar-refractivity contribution in [3.05, 3.63) is 0 Å². The Kier molecular flexibility index (Phi) is 8.32. The van der Waals surface area contributed by atoms with Crippen molar-refractivity contribution >= 4 is 5.78 Å². The molecule has 0 atom stereocenters. The zero-order valence-electron chi connectivity index (χ0n) is 7.54. The summed E-state index contributed by atoms with van der Waals surface area (Å²) < 4.78 is 10.2. The van der Waals surface area contributed by atoms with E-state index in [0.717, 1.165) is 0 Å². The number of rotatable bonds is 8. The average Bonchev–Trinajstić information content (AvgIpc) is 2.02. The molecule has 0 aromatic heterocycles. The lowest BCUT2D eigenvalue weighted by molar-refractivity contribution is -0.118. The van der Waals surface area contributed by atoms with Crippen molar-refractivity contribution in [1.82, 2.24) is 0 Å². The fraction of sp³-hybridized carbons (Fsp3) is 0.875. The van der Waals surface area contributed by atoms with Gasteiger partial charge < -0.3 is 15.2 Å². The molecule has 0 saturated carbocycles. The molecule has 2 N–H and O–H groups in total. The summed E-state index contributed by atoms with van der Waals surface area (Å²) in [5.41, 5.74) is 5.20. The summed E-state index contributed by atoms with van der Waals surface area (Å²) in [6.45, 7) is 4.22. The third kappa shape index (κ3) is 9.55. The van der Waals surface area contributed by atoms with Gasteiger partial charge in [-0.1, -0.05) is 0 Å². The predicted octanol–water partition coefficient (Wildman–Crippen LogP) is -0.0426. The van der Waals surface area contributed by atoms with E-state index in [-0.39, 0.29) is 5.78 Å². The lowest BCUT2D eigenvalue weighted by atomic mass is 10.3. The SMILES string of the molecule is CC(=O)CCOCCOCCN. The summed E-state index contributed by atoms with van der Waals surface area (Å²) in [5.74, 6) is 0.151. The average molecular weight is 175 g/mol. The standard InChI is InChI=1S/C8H17NO3/c1-8(10)2-4-11-6-7-12-5-3-9/h2-7,9H2,1H3. The van der Waals surface area contributed by atoms with Gasteiger partial charge in [-0.2, -0.15) is 0 Å². The van der Waals surface area contributed by atoms with Gasteiger partial charge in [0.2, 0.25) is 0 Å². The van der Waals surface area contributed by atoms with Crippen molar-refractivity contribution in [2.75, 3.05) is 33.0 Å². The Bertz CT molecular complexity index is 117. The van der Waals surface area contributed by atoms with Crippen molar-refractivity contribution in [1.29, 1.82) is 0 Å². The molecule has 0 saturated heterocycles. The van der Waals surface area contributed by atoms with Gasteiger partial charge in [0.25, 0.3) is 0 Å².